The number of rotatable bonds is 0. The third-order valence-corrected chi connectivity index (χ3v) is 0.525. The summed E-state index contributed by atoms with van der Waals surface area (Å²) in [6.07, 6.45) is -9.37. The van der Waals surface area contributed by atoms with Crippen molar-refractivity contribution in [2.75, 3.05) is 0 Å². The molecule has 0 aliphatic rings. The Labute approximate surface area is 73.2 Å². The minimum Gasteiger partial charge on any atom is -0.409 e. The molecule has 0 aromatic carbocycles. The Hall–Kier alpha value is -1.66. The van der Waals surface area contributed by atoms with Crippen molar-refractivity contribution in [1.29, 1.82) is 5.26 Å². The molecular formula is C4H3F6N3O. The van der Waals surface area contributed by atoms with Gasteiger partial charge in [0.15, 0.2) is 6.07 Å². The standard InChI is InChI=1S/C2H3F3N2O.C2F3N/c3-2(4,5)1(6)7-8;3-2(4,5)1-6/h8H,(H2,6,7);. The van der Waals surface area contributed by atoms with Gasteiger partial charge < -0.3 is 10.9 Å². The maximum Gasteiger partial charge on any atom is 0.483 e. The first-order chi connectivity index (χ1) is 6.04. The summed E-state index contributed by atoms with van der Waals surface area (Å²) in [6.45, 7) is 0. The maximum absolute atomic E-state index is 11.0. The summed E-state index contributed by atoms with van der Waals surface area (Å²) >= 11 is 0. The first-order valence-electron chi connectivity index (χ1n) is 2.57. The SMILES string of the molecule is N#CC(F)(F)F.N/C(=N\O)C(F)(F)F. The number of hydrogen-bond donors (Lipinski definition) is 2. The van der Waals surface area contributed by atoms with Gasteiger partial charge in [-0.15, -0.1) is 0 Å². The van der Waals surface area contributed by atoms with E-state index < -0.39 is 18.2 Å². The summed E-state index contributed by atoms with van der Waals surface area (Å²) in [4.78, 5) is 0. The molecule has 0 aliphatic carbocycles. The number of nitrogens with two attached hydrogens (primary N) is 1. The Balaban J connectivity index is 0. The van der Waals surface area contributed by atoms with Crippen LogP contribution in [0.2, 0.25) is 0 Å². The van der Waals surface area contributed by atoms with Gasteiger partial charge in [0.05, 0.1) is 0 Å². The van der Waals surface area contributed by atoms with Crippen molar-refractivity contribution in [2.45, 2.75) is 12.4 Å². The predicted octanol–water partition coefficient (Wildman–Crippen LogP) is 1.37. The molecule has 0 saturated carbocycles. The van der Waals surface area contributed by atoms with Crippen molar-refractivity contribution in [1.82, 2.24) is 0 Å². The first kappa shape index (κ1) is 14.8. The zero-order valence-electron chi connectivity index (χ0n) is 6.19. The highest BCUT2D eigenvalue weighted by molar-refractivity contribution is 5.85. The lowest BCUT2D eigenvalue weighted by Gasteiger charge is -1.99. The summed E-state index contributed by atoms with van der Waals surface area (Å²) in [5.41, 5.74) is 4.12. The molecule has 0 heterocycles. The fourth-order valence-electron chi connectivity index (χ4n) is 0.0567. The molecule has 3 N–H and O–H groups in total. The van der Waals surface area contributed by atoms with Crippen LogP contribution in [0.25, 0.3) is 0 Å². The van der Waals surface area contributed by atoms with Crippen LogP contribution in [0.1, 0.15) is 0 Å². The second kappa shape index (κ2) is 5.15. The van der Waals surface area contributed by atoms with Gasteiger partial charge in [-0.2, -0.15) is 31.6 Å². The Morgan fingerprint density at radius 2 is 1.50 bits per heavy atom. The highest BCUT2D eigenvalue weighted by Gasteiger charge is 2.34. The van der Waals surface area contributed by atoms with Gasteiger partial charge in [0, 0.05) is 0 Å². The van der Waals surface area contributed by atoms with Gasteiger partial charge in [-0.1, -0.05) is 5.16 Å². The lowest BCUT2D eigenvalue weighted by Crippen LogP contribution is -2.30. The Morgan fingerprint density at radius 1 is 1.21 bits per heavy atom. The number of alkyl halides is 6. The molecule has 0 spiro atoms. The van der Waals surface area contributed by atoms with Crippen LogP contribution in [-0.2, 0) is 0 Å². The van der Waals surface area contributed by atoms with E-state index in [9.17, 15) is 26.3 Å². The van der Waals surface area contributed by atoms with Crippen LogP contribution in [0, 0.1) is 11.3 Å². The van der Waals surface area contributed by atoms with Crippen LogP contribution >= 0.6 is 0 Å². The lowest BCUT2D eigenvalue weighted by molar-refractivity contribution is -0.0718. The highest BCUT2D eigenvalue weighted by atomic mass is 19.4. The van der Waals surface area contributed by atoms with Gasteiger partial charge in [0.2, 0.25) is 5.84 Å². The fourth-order valence-corrected chi connectivity index (χ4v) is 0.0567. The molecule has 0 amide bonds. The first-order valence-corrected chi connectivity index (χ1v) is 2.57. The minimum absolute atomic E-state index is 0.104. The number of halogens is 6. The Bertz CT molecular complexity index is 235. The van der Waals surface area contributed by atoms with E-state index in [-0.39, 0.29) is 6.07 Å². The number of nitriles is 1. The van der Waals surface area contributed by atoms with Gasteiger partial charge >= 0.3 is 12.4 Å². The maximum atomic E-state index is 11.0. The van der Waals surface area contributed by atoms with Crippen molar-refractivity contribution in [3.63, 3.8) is 0 Å². The van der Waals surface area contributed by atoms with E-state index in [1.54, 1.807) is 5.16 Å². The van der Waals surface area contributed by atoms with E-state index in [0.717, 1.165) is 0 Å². The van der Waals surface area contributed by atoms with Gasteiger partial charge in [-0.25, -0.2) is 0 Å². The van der Waals surface area contributed by atoms with Crippen LogP contribution in [0.15, 0.2) is 5.16 Å². The molecule has 4 nitrogen and oxygen atoms in total. The van der Waals surface area contributed by atoms with Gasteiger partial charge in [-0.3, -0.25) is 0 Å². The minimum atomic E-state index is -4.71. The van der Waals surface area contributed by atoms with Crippen LogP contribution in [0.4, 0.5) is 26.3 Å². The molecule has 0 aliphatic heterocycles. The van der Waals surface area contributed by atoms with Gasteiger partial charge in [-0.05, 0) is 0 Å². The van der Waals surface area contributed by atoms with Crippen LogP contribution in [0.5, 0.6) is 0 Å². The molecule has 0 atom stereocenters. The lowest BCUT2D eigenvalue weighted by atomic mass is 10.6. The quantitative estimate of drug-likeness (QED) is 0.214. The summed E-state index contributed by atoms with van der Waals surface area (Å²) in [5.74, 6) is -1.74. The van der Waals surface area contributed by atoms with Gasteiger partial charge in [0.25, 0.3) is 0 Å². The summed E-state index contributed by atoms with van der Waals surface area (Å²) in [6, 6.07) is 0.104. The Morgan fingerprint density at radius 3 is 1.50 bits per heavy atom. The largest absolute Gasteiger partial charge is 0.483 e. The molecular weight excluding hydrogens is 220 g/mol. The van der Waals surface area contributed by atoms with E-state index in [1.807, 2.05) is 0 Å². The van der Waals surface area contributed by atoms with E-state index >= 15 is 0 Å². The molecule has 0 aromatic heterocycles. The van der Waals surface area contributed by atoms with Crippen molar-refractivity contribution in [3.05, 3.63) is 0 Å². The molecule has 10 heteroatoms. The van der Waals surface area contributed by atoms with Crippen LogP contribution in [-0.4, -0.2) is 23.4 Å². The molecule has 0 aromatic rings. The average molecular weight is 223 g/mol. The monoisotopic (exact) mass is 223 g/mol. The number of amidine groups is 1. The molecule has 0 unspecified atom stereocenters. The molecule has 0 radical (unpaired) electrons. The second-order valence-electron chi connectivity index (χ2n) is 1.59. The summed E-state index contributed by atoms with van der Waals surface area (Å²) in [5, 5.41) is 16.2. The van der Waals surface area contributed by atoms with E-state index in [1.165, 1.54) is 0 Å². The average Bonchev–Trinajstić information content (AvgIpc) is 2.01. The smallest absolute Gasteiger partial charge is 0.409 e. The van der Waals surface area contributed by atoms with Crippen molar-refractivity contribution >= 4 is 5.84 Å². The normalized spacial score (nSPS) is 12.5. The van der Waals surface area contributed by atoms with Crippen molar-refractivity contribution in [3.8, 4) is 6.07 Å². The van der Waals surface area contributed by atoms with E-state index in [0.29, 0.717) is 0 Å². The second-order valence-corrected chi connectivity index (χ2v) is 1.59. The fraction of sp³-hybridized carbons (Fsp3) is 0.500. The third kappa shape index (κ3) is 10.3. The molecule has 0 saturated heterocycles. The third-order valence-electron chi connectivity index (χ3n) is 0.525. The van der Waals surface area contributed by atoms with Crippen LogP contribution < -0.4 is 5.73 Å². The summed E-state index contributed by atoms with van der Waals surface area (Å²) < 4.78 is 64.4. The number of nitrogens with zero attached hydrogens (tertiary/aromatic N) is 2. The highest BCUT2D eigenvalue weighted by Crippen LogP contribution is 2.13. The zero-order valence-corrected chi connectivity index (χ0v) is 6.19. The van der Waals surface area contributed by atoms with E-state index in [4.69, 9.17) is 10.5 Å². The molecule has 0 fully saturated rings. The van der Waals surface area contributed by atoms with Crippen molar-refractivity contribution < 1.29 is 31.5 Å². The topological polar surface area (TPSA) is 82.4 Å². The number of hydrogen-bond acceptors (Lipinski definition) is 3. The van der Waals surface area contributed by atoms with Gasteiger partial charge in [0.1, 0.15) is 0 Å². The molecule has 14 heavy (non-hydrogen) atoms. The molecule has 0 rings (SSSR count). The van der Waals surface area contributed by atoms with E-state index in [2.05, 4.69) is 5.73 Å². The van der Waals surface area contributed by atoms with Crippen LogP contribution in [0.3, 0.4) is 0 Å². The predicted molar refractivity (Wildman–Crippen MR) is 31.1 cm³/mol. The zero-order chi connectivity index (χ0) is 12.0. The molecule has 82 valence electrons. The summed E-state index contributed by atoms with van der Waals surface area (Å²) in [7, 11) is 0. The Kier molecular flexibility index (Phi) is 5.46. The van der Waals surface area contributed by atoms with Crippen molar-refractivity contribution in [2.24, 2.45) is 10.9 Å². The molecule has 0 bridgehead atoms. The number of oxime groups is 1.